The topological polar surface area (TPSA) is 60.7 Å². The molecular weight excluding hydrogens is 438 g/mol. The number of nitrogens with one attached hydrogen (secondary N) is 1. The van der Waals surface area contributed by atoms with Gasteiger partial charge in [-0.15, -0.1) is 0 Å². The molecule has 174 valence electrons. The molecule has 5 heteroatoms. The second-order valence-electron chi connectivity index (χ2n) is 8.31. The van der Waals surface area contributed by atoms with Crippen molar-refractivity contribution in [1.29, 1.82) is 0 Å². The van der Waals surface area contributed by atoms with Crippen LogP contribution in [0.2, 0.25) is 0 Å². The van der Waals surface area contributed by atoms with Gasteiger partial charge in [0, 0.05) is 40.4 Å². The van der Waals surface area contributed by atoms with Crippen LogP contribution in [0.15, 0.2) is 95.6 Å². The van der Waals surface area contributed by atoms with E-state index in [1.54, 1.807) is 32.6 Å². The molecule has 4 aromatic carbocycles. The van der Waals surface area contributed by atoms with Crippen LogP contribution in [0.1, 0.15) is 12.5 Å². The van der Waals surface area contributed by atoms with Gasteiger partial charge in [-0.25, -0.2) is 0 Å². The Hall–Kier alpha value is -4.51. The van der Waals surface area contributed by atoms with Crippen LogP contribution in [-0.4, -0.2) is 20.1 Å². The van der Waals surface area contributed by atoms with Crippen LogP contribution in [0.3, 0.4) is 0 Å². The number of benzene rings is 4. The minimum absolute atomic E-state index is 0.236. The van der Waals surface area contributed by atoms with Crippen molar-refractivity contribution in [2.75, 3.05) is 19.5 Å². The monoisotopic (exact) mass is 463 g/mol. The molecule has 1 amide bonds. The van der Waals surface area contributed by atoms with Crippen LogP contribution < -0.4 is 14.8 Å². The van der Waals surface area contributed by atoms with Gasteiger partial charge in [-0.3, -0.25) is 4.79 Å². The fourth-order valence-electron chi connectivity index (χ4n) is 4.27. The summed E-state index contributed by atoms with van der Waals surface area (Å²) in [6, 6.07) is 25.8. The van der Waals surface area contributed by atoms with E-state index in [2.05, 4.69) is 35.6 Å². The van der Waals surface area contributed by atoms with E-state index in [-0.39, 0.29) is 5.91 Å². The van der Waals surface area contributed by atoms with Gasteiger partial charge >= 0.3 is 0 Å². The van der Waals surface area contributed by atoms with Gasteiger partial charge in [0.15, 0.2) is 0 Å². The zero-order chi connectivity index (χ0) is 24.4. The van der Waals surface area contributed by atoms with Gasteiger partial charge in [-0.05, 0) is 53.1 Å². The number of rotatable bonds is 6. The predicted molar refractivity (Wildman–Crippen MR) is 141 cm³/mol. The second kappa shape index (κ2) is 9.39. The molecular formula is C30H25NO4. The number of methoxy groups -OCH3 is 2. The summed E-state index contributed by atoms with van der Waals surface area (Å²) >= 11 is 0. The smallest absolute Gasteiger partial charge is 0.248 e. The van der Waals surface area contributed by atoms with Gasteiger partial charge < -0.3 is 19.2 Å². The molecule has 0 aliphatic rings. The summed E-state index contributed by atoms with van der Waals surface area (Å²) in [6.45, 7) is 1.89. The first-order chi connectivity index (χ1) is 17.1. The van der Waals surface area contributed by atoms with E-state index in [1.165, 1.54) is 10.8 Å². The zero-order valence-electron chi connectivity index (χ0n) is 19.8. The lowest BCUT2D eigenvalue weighted by Gasteiger charge is -2.11. The normalized spacial score (nSPS) is 11.6. The van der Waals surface area contributed by atoms with Crippen molar-refractivity contribution >= 4 is 38.9 Å². The van der Waals surface area contributed by atoms with E-state index >= 15 is 0 Å². The van der Waals surface area contributed by atoms with Gasteiger partial charge in [-0.1, -0.05) is 42.5 Å². The number of furan rings is 1. The molecule has 0 saturated carbocycles. The molecule has 0 radical (unpaired) electrons. The second-order valence-corrected chi connectivity index (χ2v) is 8.31. The first-order valence-corrected chi connectivity index (χ1v) is 11.3. The SMILES string of the molecule is COc1cccc(NC(=O)/C=C(\C)c2cc3c(-c4ccc5ccccc5c4)coc3cc2OC)c1. The quantitative estimate of drug-likeness (QED) is 0.268. The van der Waals surface area contributed by atoms with E-state index in [1.807, 2.05) is 49.4 Å². The third kappa shape index (κ3) is 4.49. The van der Waals surface area contributed by atoms with Crippen molar-refractivity contribution in [3.63, 3.8) is 0 Å². The van der Waals surface area contributed by atoms with Crippen molar-refractivity contribution in [2.45, 2.75) is 6.92 Å². The summed E-state index contributed by atoms with van der Waals surface area (Å²) in [5.41, 5.74) is 5.04. The predicted octanol–water partition coefficient (Wildman–Crippen LogP) is 7.31. The first kappa shape index (κ1) is 22.3. The number of carbonyl (C=O) groups excluding carboxylic acids is 1. The molecule has 0 saturated heterocycles. The van der Waals surface area contributed by atoms with E-state index < -0.39 is 0 Å². The van der Waals surface area contributed by atoms with Crippen LogP contribution in [0.25, 0.3) is 38.4 Å². The van der Waals surface area contributed by atoms with Gasteiger partial charge in [0.1, 0.15) is 17.1 Å². The summed E-state index contributed by atoms with van der Waals surface area (Å²) in [5.74, 6) is 1.08. The lowest BCUT2D eigenvalue weighted by Crippen LogP contribution is -2.08. The number of ether oxygens (including phenoxy) is 2. The fraction of sp³-hybridized carbons (Fsp3) is 0.100. The molecule has 5 rings (SSSR count). The van der Waals surface area contributed by atoms with Crippen LogP contribution >= 0.6 is 0 Å². The molecule has 5 nitrogen and oxygen atoms in total. The Morgan fingerprint density at radius 3 is 2.51 bits per heavy atom. The maximum atomic E-state index is 12.7. The Kier molecular flexibility index (Phi) is 5.98. The number of allylic oxidation sites excluding steroid dienone is 1. The highest BCUT2D eigenvalue weighted by molar-refractivity contribution is 6.05. The number of amides is 1. The third-order valence-corrected chi connectivity index (χ3v) is 6.07. The Morgan fingerprint density at radius 1 is 0.886 bits per heavy atom. The molecule has 0 spiro atoms. The zero-order valence-corrected chi connectivity index (χ0v) is 19.8. The summed E-state index contributed by atoms with van der Waals surface area (Å²) in [6.07, 6.45) is 3.34. The summed E-state index contributed by atoms with van der Waals surface area (Å²) in [5, 5.41) is 6.19. The fourth-order valence-corrected chi connectivity index (χ4v) is 4.27. The molecule has 1 heterocycles. The highest BCUT2D eigenvalue weighted by atomic mass is 16.5. The Bertz CT molecular complexity index is 1580. The van der Waals surface area contributed by atoms with Crippen molar-refractivity contribution < 1.29 is 18.7 Å². The highest BCUT2D eigenvalue weighted by Crippen LogP contribution is 2.38. The average Bonchev–Trinajstić information content (AvgIpc) is 3.30. The number of fused-ring (bicyclic) bond motifs is 2. The van der Waals surface area contributed by atoms with E-state index in [0.29, 0.717) is 17.2 Å². The van der Waals surface area contributed by atoms with Crippen LogP contribution in [0.4, 0.5) is 5.69 Å². The molecule has 0 aliphatic carbocycles. The van der Waals surface area contributed by atoms with Gasteiger partial charge in [0.2, 0.25) is 5.91 Å². The van der Waals surface area contributed by atoms with Gasteiger partial charge in [0.05, 0.1) is 20.5 Å². The molecule has 0 bridgehead atoms. The number of anilines is 1. The summed E-state index contributed by atoms with van der Waals surface area (Å²) in [4.78, 5) is 12.7. The third-order valence-electron chi connectivity index (χ3n) is 6.07. The molecule has 1 aromatic heterocycles. The molecule has 35 heavy (non-hydrogen) atoms. The Morgan fingerprint density at radius 2 is 1.71 bits per heavy atom. The maximum Gasteiger partial charge on any atom is 0.248 e. The van der Waals surface area contributed by atoms with E-state index in [9.17, 15) is 4.79 Å². The van der Waals surface area contributed by atoms with E-state index in [4.69, 9.17) is 13.9 Å². The Labute approximate surface area is 203 Å². The maximum absolute atomic E-state index is 12.7. The van der Waals surface area contributed by atoms with Crippen molar-refractivity contribution in [1.82, 2.24) is 0 Å². The average molecular weight is 464 g/mol. The standard InChI is InChI=1S/C30H25NO4/c1-19(13-30(32)31-23-9-6-10-24(15-23)33-2)25-16-26-27(18-35-29(26)17-28(25)34-3)22-12-11-20-7-4-5-8-21(20)14-22/h4-18H,1-3H3,(H,31,32)/b19-13+. The van der Waals surface area contributed by atoms with E-state index in [0.717, 1.165) is 33.2 Å². The minimum Gasteiger partial charge on any atom is -0.497 e. The summed E-state index contributed by atoms with van der Waals surface area (Å²) in [7, 11) is 3.21. The van der Waals surface area contributed by atoms with Crippen molar-refractivity contribution in [2.24, 2.45) is 0 Å². The largest absolute Gasteiger partial charge is 0.497 e. The molecule has 0 fully saturated rings. The van der Waals surface area contributed by atoms with Gasteiger partial charge in [0.25, 0.3) is 0 Å². The lowest BCUT2D eigenvalue weighted by molar-refractivity contribution is -0.111. The molecule has 0 aliphatic heterocycles. The number of hydrogen-bond acceptors (Lipinski definition) is 4. The van der Waals surface area contributed by atoms with Crippen molar-refractivity contribution in [3.05, 3.63) is 96.8 Å². The molecule has 1 N–H and O–H groups in total. The summed E-state index contributed by atoms with van der Waals surface area (Å²) < 4.78 is 16.7. The molecule has 5 aromatic rings. The van der Waals surface area contributed by atoms with Crippen LogP contribution in [0.5, 0.6) is 11.5 Å². The molecule has 0 unspecified atom stereocenters. The van der Waals surface area contributed by atoms with Crippen LogP contribution in [0, 0.1) is 0 Å². The lowest BCUT2D eigenvalue weighted by atomic mass is 9.97. The first-order valence-electron chi connectivity index (χ1n) is 11.3. The highest BCUT2D eigenvalue weighted by Gasteiger charge is 2.15. The van der Waals surface area contributed by atoms with Gasteiger partial charge in [-0.2, -0.15) is 0 Å². The number of hydrogen-bond donors (Lipinski definition) is 1. The van der Waals surface area contributed by atoms with Crippen LogP contribution in [-0.2, 0) is 4.79 Å². The molecule has 0 atom stereocenters. The number of carbonyl (C=O) groups is 1. The minimum atomic E-state index is -0.236. The van der Waals surface area contributed by atoms with Crippen molar-refractivity contribution in [3.8, 4) is 22.6 Å². The Balaban J connectivity index is 1.51.